The smallest absolute Gasteiger partial charge is 0.245 e. The molecule has 1 aromatic heterocycles. The van der Waals surface area contributed by atoms with E-state index in [2.05, 4.69) is 31.9 Å². The van der Waals surface area contributed by atoms with E-state index in [0.29, 0.717) is 21.6 Å². The highest BCUT2D eigenvalue weighted by atomic mass is 79.9. The van der Waals surface area contributed by atoms with E-state index >= 15 is 0 Å². The first-order chi connectivity index (χ1) is 8.96. The van der Waals surface area contributed by atoms with Gasteiger partial charge in [-0.25, -0.2) is 8.42 Å². The maximum atomic E-state index is 12.7. The summed E-state index contributed by atoms with van der Waals surface area (Å²) in [5, 5.41) is 8.95. The van der Waals surface area contributed by atoms with Crippen molar-refractivity contribution in [2.24, 2.45) is 0 Å². The first-order valence-corrected chi connectivity index (χ1v) is 9.88. The van der Waals surface area contributed by atoms with E-state index in [1.165, 1.54) is 11.3 Å². The summed E-state index contributed by atoms with van der Waals surface area (Å²) >= 11 is 7.98. The fourth-order valence-corrected chi connectivity index (χ4v) is 7.51. The van der Waals surface area contributed by atoms with Crippen molar-refractivity contribution >= 4 is 53.2 Å². The number of halogens is 2. The van der Waals surface area contributed by atoms with Gasteiger partial charge in [-0.3, -0.25) is 0 Å². The van der Waals surface area contributed by atoms with Crippen LogP contribution in [-0.2, 0) is 10.0 Å². The molecule has 0 unspecified atom stereocenters. The van der Waals surface area contributed by atoms with Gasteiger partial charge in [-0.15, -0.1) is 11.3 Å². The Morgan fingerprint density at radius 2 is 2.11 bits per heavy atom. The number of sulfonamides is 1. The first-order valence-electron chi connectivity index (χ1n) is 6.04. The van der Waals surface area contributed by atoms with Gasteiger partial charge in [0.25, 0.3) is 0 Å². The Labute approximate surface area is 134 Å². The normalized spacial score (nSPS) is 16.8. The standard InChI is InChI=1S/C11H15Br2NO3S2/c12-10-7-9(11(13)18-10)19(16,17)14(5-2-6-15)8-3-1-4-8/h7-8,15H,1-6H2. The predicted octanol–water partition coefficient (Wildman–Crippen LogP) is 3.20. The second kappa shape index (κ2) is 6.53. The highest BCUT2D eigenvalue weighted by Crippen LogP contribution is 2.38. The Kier molecular flexibility index (Phi) is 5.47. The number of aliphatic hydroxyl groups is 1. The summed E-state index contributed by atoms with van der Waals surface area (Å²) in [4.78, 5) is 0.314. The third-order valence-electron chi connectivity index (χ3n) is 3.23. The zero-order valence-corrected chi connectivity index (χ0v) is 15.0. The van der Waals surface area contributed by atoms with Gasteiger partial charge in [0.15, 0.2) is 0 Å². The SMILES string of the molecule is O=S(=O)(c1cc(Br)sc1Br)N(CCCO)C1CCC1. The second-order valence-corrected chi connectivity index (χ2v) is 10.1. The summed E-state index contributed by atoms with van der Waals surface area (Å²) in [6.07, 6.45) is 3.37. The van der Waals surface area contributed by atoms with E-state index in [1.54, 1.807) is 10.4 Å². The van der Waals surface area contributed by atoms with Crippen LogP contribution in [0.3, 0.4) is 0 Å². The number of hydrogen-bond donors (Lipinski definition) is 1. The lowest BCUT2D eigenvalue weighted by Crippen LogP contribution is -2.44. The van der Waals surface area contributed by atoms with Crippen LogP contribution < -0.4 is 0 Å². The third-order valence-corrected chi connectivity index (χ3v) is 7.94. The van der Waals surface area contributed by atoms with Gasteiger partial charge >= 0.3 is 0 Å². The molecule has 4 nitrogen and oxygen atoms in total. The molecule has 1 aliphatic rings. The molecule has 108 valence electrons. The fourth-order valence-electron chi connectivity index (χ4n) is 2.03. The maximum absolute atomic E-state index is 12.7. The van der Waals surface area contributed by atoms with Crippen molar-refractivity contribution in [1.29, 1.82) is 0 Å². The molecular weight excluding hydrogens is 418 g/mol. The van der Waals surface area contributed by atoms with Gasteiger partial charge in [-0.1, -0.05) is 6.42 Å². The molecule has 1 N–H and O–H groups in total. The van der Waals surface area contributed by atoms with Crippen LogP contribution in [0.4, 0.5) is 0 Å². The van der Waals surface area contributed by atoms with Gasteiger partial charge in [0, 0.05) is 19.2 Å². The van der Waals surface area contributed by atoms with Crippen molar-refractivity contribution in [3.05, 3.63) is 13.6 Å². The minimum Gasteiger partial charge on any atom is -0.396 e. The average Bonchev–Trinajstić information content (AvgIpc) is 2.61. The molecule has 1 fully saturated rings. The zero-order valence-electron chi connectivity index (χ0n) is 10.2. The predicted molar refractivity (Wildman–Crippen MR) is 83.0 cm³/mol. The molecule has 1 aromatic rings. The van der Waals surface area contributed by atoms with Crippen LogP contribution in [0.25, 0.3) is 0 Å². The molecule has 1 heterocycles. The molecule has 0 aliphatic heterocycles. The molecule has 1 saturated carbocycles. The minimum absolute atomic E-state index is 0.00718. The van der Waals surface area contributed by atoms with Crippen molar-refractivity contribution in [2.45, 2.75) is 36.6 Å². The van der Waals surface area contributed by atoms with Crippen LogP contribution >= 0.6 is 43.2 Å². The van der Waals surface area contributed by atoms with E-state index in [9.17, 15) is 8.42 Å². The van der Waals surface area contributed by atoms with Crippen molar-refractivity contribution in [3.63, 3.8) is 0 Å². The molecule has 2 rings (SSSR count). The lowest BCUT2D eigenvalue weighted by atomic mass is 9.93. The lowest BCUT2D eigenvalue weighted by molar-refractivity contribution is 0.198. The summed E-state index contributed by atoms with van der Waals surface area (Å²) in [5.74, 6) is 0. The topological polar surface area (TPSA) is 57.6 Å². The number of nitrogens with zero attached hydrogens (tertiary/aromatic N) is 1. The largest absolute Gasteiger partial charge is 0.396 e. The molecular formula is C11H15Br2NO3S2. The number of rotatable bonds is 6. The molecule has 19 heavy (non-hydrogen) atoms. The van der Waals surface area contributed by atoms with Gasteiger partial charge < -0.3 is 5.11 Å². The zero-order chi connectivity index (χ0) is 14.0. The average molecular weight is 433 g/mol. The number of aliphatic hydroxyl groups excluding tert-OH is 1. The van der Waals surface area contributed by atoms with Crippen LogP contribution in [-0.4, -0.2) is 37.0 Å². The van der Waals surface area contributed by atoms with Crippen LogP contribution in [0.2, 0.25) is 0 Å². The first kappa shape index (κ1) is 15.9. The van der Waals surface area contributed by atoms with Crippen molar-refractivity contribution in [2.75, 3.05) is 13.2 Å². The molecule has 0 aromatic carbocycles. The fraction of sp³-hybridized carbons (Fsp3) is 0.636. The van der Waals surface area contributed by atoms with Gasteiger partial charge in [0.2, 0.25) is 10.0 Å². The Bertz CT molecular complexity index is 540. The van der Waals surface area contributed by atoms with Crippen molar-refractivity contribution < 1.29 is 13.5 Å². The summed E-state index contributed by atoms with van der Waals surface area (Å²) in [7, 11) is -3.49. The molecule has 8 heteroatoms. The monoisotopic (exact) mass is 431 g/mol. The maximum Gasteiger partial charge on any atom is 0.245 e. The van der Waals surface area contributed by atoms with Crippen molar-refractivity contribution in [3.8, 4) is 0 Å². The third kappa shape index (κ3) is 3.41. The van der Waals surface area contributed by atoms with Crippen LogP contribution in [0, 0.1) is 0 Å². The lowest BCUT2D eigenvalue weighted by Gasteiger charge is -2.36. The molecule has 0 saturated heterocycles. The van der Waals surface area contributed by atoms with Gasteiger partial charge in [-0.05, 0) is 57.2 Å². The second-order valence-electron chi connectivity index (χ2n) is 4.47. The quantitative estimate of drug-likeness (QED) is 0.750. The molecule has 0 spiro atoms. The summed E-state index contributed by atoms with van der Waals surface area (Å²) in [5.41, 5.74) is 0. The Morgan fingerprint density at radius 1 is 1.42 bits per heavy atom. The van der Waals surface area contributed by atoms with Gasteiger partial charge in [0.1, 0.15) is 4.90 Å². The highest BCUT2D eigenvalue weighted by Gasteiger charge is 2.36. The Balaban J connectivity index is 2.30. The molecule has 1 aliphatic carbocycles. The van der Waals surface area contributed by atoms with E-state index in [4.69, 9.17) is 5.11 Å². The molecule has 0 amide bonds. The number of thiophene rings is 1. The summed E-state index contributed by atoms with van der Waals surface area (Å²) < 4.78 is 28.4. The van der Waals surface area contributed by atoms with Gasteiger partial charge in [0.05, 0.1) is 7.57 Å². The summed E-state index contributed by atoms with van der Waals surface area (Å²) in [6, 6.07) is 1.72. The Hall–Kier alpha value is 0.530. The van der Waals surface area contributed by atoms with Crippen LogP contribution in [0.15, 0.2) is 18.5 Å². The minimum atomic E-state index is -3.49. The molecule has 0 atom stereocenters. The van der Waals surface area contributed by atoms with Crippen LogP contribution in [0.5, 0.6) is 0 Å². The Morgan fingerprint density at radius 3 is 2.53 bits per heavy atom. The van der Waals surface area contributed by atoms with Crippen LogP contribution in [0.1, 0.15) is 25.7 Å². The summed E-state index contributed by atoms with van der Waals surface area (Å²) in [6.45, 7) is 0.386. The molecule has 0 bridgehead atoms. The molecule has 0 radical (unpaired) electrons. The van der Waals surface area contributed by atoms with E-state index in [1.807, 2.05) is 0 Å². The number of hydrogen-bond acceptors (Lipinski definition) is 4. The van der Waals surface area contributed by atoms with Crippen molar-refractivity contribution in [1.82, 2.24) is 4.31 Å². The van der Waals surface area contributed by atoms with E-state index < -0.39 is 10.0 Å². The van der Waals surface area contributed by atoms with E-state index in [0.717, 1.165) is 23.0 Å². The highest BCUT2D eigenvalue weighted by molar-refractivity contribution is 9.12. The van der Waals surface area contributed by atoms with E-state index in [-0.39, 0.29) is 12.6 Å². The van der Waals surface area contributed by atoms with Gasteiger partial charge in [-0.2, -0.15) is 4.31 Å².